The number of rotatable bonds is 2. The molecule has 0 radical (unpaired) electrons. The molecule has 2 aliphatic rings. The molecule has 0 saturated carbocycles. The second-order valence-electron chi connectivity index (χ2n) is 5.97. The van der Waals surface area contributed by atoms with Gasteiger partial charge in [0, 0.05) is 13.1 Å². The molecule has 2 aliphatic heterocycles. The fourth-order valence-electron chi connectivity index (χ4n) is 3.33. The molecule has 2 fully saturated rings. The zero-order chi connectivity index (χ0) is 13.0. The van der Waals surface area contributed by atoms with Crippen molar-refractivity contribution in [1.82, 2.24) is 9.80 Å². The topological polar surface area (TPSA) is 23.6 Å². The molecule has 2 rings (SSSR count). The van der Waals surface area contributed by atoms with Crippen molar-refractivity contribution in [2.24, 2.45) is 5.41 Å². The van der Waals surface area contributed by atoms with Crippen molar-refractivity contribution in [2.45, 2.75) is 32.1 Å². The van der Waals surface area contributed by atoms with Gasteiger partial charge in [0.05, 0.1) is 5.75 Å². The molecule has 0 unspecified atom stereocenters. The Labute approximate surface area is 115 Å². The molecule has 0 N–H and O–H groups in total. The van der Waals surface area contributed by atoms with Gasteiger partial charge in [-0.25, -0.2) is 0 Å². The molecule has 18 heavy (non-hydrogen) atoms. The maximum atomic E-state index is 11.9. The SMILES string of the molecule is CSCC(=O)N1CCC2(CCCN(C)CC2)CC1. The predicted molar refractivity (Wildman–Crippen MR) is 78.0 cm³/mol. The molecule has 1 amide bonds. The van der Waals surface area contributed by atoms with E-state index in [1.807, 2.05) is 6.26 Å². The molecule has 2 saturated heterocycles. The van der Waals surface area contributed by atoms with Gasteiger partial charge in [0.15, 0.2) is 0 Å². The summed E-state index contributed by atoms with van der Waals surface area (Å²) in [6.45, 7) is 4.46. The monoisotopic (exact) mass is 270 g/mol. The van der Waals surface area contributed by atoms with E-state index in [2.05, 4.69) is 16.8 Å². The van der Waals surface area contributed by atoms with Crippen LogP contribution in [0, 0.1) is 5.41 Å². The number of carbonyl (C=O) groups excluding carboxylic acids is 1. The van der Waals surface area contributed by atoms with Crippen LogP contribution in [0.5, 0.6) is 0 Å². The molecule has 0 aliphatic carbocycles. The number of hydrogen-bond acceptors (Lipinski definition) is 3. The van der Waals surface area contributed by atoms with E-state index >= 15 is 0 Å². The van der Waals surface area contributed by atoms with Crippen LogP contribution < -0.4 is 0 Å². The highest BCUT2D eigenvalue weighted by molar-refractivity contribution is 7.99. The van der Waals surface area contributed by atoms with Gasteiger partial charge in [0.1, 0.15) is 0 Å². The van der Waals surface area contributed by atoms with Crippen molar-refractivity contribution >= 4 is 17.7 Å². The predicted octanol–water partition coefficient (Wildman–Crippen LogP) is 2.07. The maximum absolute atomic E-state index is 11.9. The first-order valence-electron chi connectivity index (χ1n) is 7.10. The van der Waals surface area contributed by atoms with Crippen LogP contribution in [-0.2, 0) is 4.79 Å². The van der Waals surface area contributed by atoms with Gasteiger partial charge in [-0.15, -0.1) is 0 Å². The molecular formula is C14H26N2OS. The quantitative estimate of drug-likeness (QED) is 0.767. The zero-order valence-electron chi connectivity index (χ0n) is 11.8. The van der Waals surface area contributed by atoms with Crippen molar-refractivity contribution in [1.29, 1.82) is 0 Å². The van der Waals surface area contributed by atoms with Crippen molar-refractivity contribution < 1.29 is 4.79 Å². The Hall–Kier alpha value is -0.220. The van der Waals surface area contributed by atoms with E-state index in [4.69, 9.17) is 0 Å². The van der Waals surface area contributed by atoms with Gasteiger partial charge in [-0.05, 0) is 63.9 Å². The number of piperidine rings is 1. The average molecular weight is 270 g/mol. The molecule has 1 spiro atoms. The molecule has 0 atom stereocenters. The summed E-state index contributed by atoms with van der Waals surface area (Å²) >= 11 is 1.64. The minimum Gasteiger partial charge on any atom is -0.342 e. The summed E-state index contributed by atoms with van der Waals surface area (Å²) in [5.74, 6) is 0.985. The Morgan fingerprint density at radius 3 is 2.44 bits per heavy atom. The lowest BCUT2D eigenvalue weighted by Crippen LogP contribution is -2.44. The molecule has 0 aromatic heterocycles. The van der Waals surface area contributed by atoms with Crippen molar-refractivity contribution in [3.05, 3.63) is 0 Å². The normalized spacial score (nSPS) is 25.1. The summed E-state index contributed by atoms with van der Waals surface area (Å²) in [4.78, 5) is 16.4. The standard InChI is InChI=1S/C14H26N2OS/c1-15-8-3-4-14(5-9-15)6-10-16(11-7-14)13(17)12-18-2/h3-12H2,1-2H3. The second kappa shape index (κ2) is 6.29. The molecule has 4 heteroatoms. The van der Waals surface area contributed by atoms with Crippen molar-refractivity contribution in [3.63, 3.8) is 0 Å². The van der Waals surface area contributed by atoms with Crippen molar-refractivity contribution in [3.8, 4) is 0 Å². The van der Waals surface area contributed by atoms with Crippen LogP contribution in [0.25, 0.3) is 0 Å². The van der Waals surface area contributed by atoms with E-state index in [1.165, 1.54) is 45.2 Å². The lowest BCUT2D eigenvalue weighted by atomic mass is 9.73. The third kappa shape index (κ3) is 3.41. The van der Waals surface area contributed by atoms with Crippen molar-refractivity contribution in [2.75, 3.05) is 45.2 Å². The summed E-state index contributed by atoms with van der Waals surface area (Å²) in [5.41, 5.74) is 0.543. The number of thioether (sulfide) groups is 1. The second-order valence-corrected chi connectivity index (χ2v) is 6.84. The Morgan fingerprint density at radius 2 is 1.78 bits per heavy atom. The van der Waals surface area contributed by atoms with Gasteiger partial charge in [-0.1, -0.05) is 0 Å². The summed E-state index contributed by atoms with van der Waals surface area (Å²) < 4.78 is 0. The smallest absolute Gasteiger partial charge is 0.232 e. The summed E-state index contributed by atoms with van der Waals surface area (Å²) in [7, 11) is 2.23. The number of likely N-dealkylation sites (tertiary alicyclic amines) is 2. The van der Waals surface area contributed by atoms with Crippen LogP contribution in [0.2, 0.25) is 0 Å². The largest absolute Gasteiger partial charge is 0.342 e. The van der Waals surface area contributed by atoms with E-state index in [-0.39, 0.29) is 0 Å². The third-order valence-electron chi connectivity index (χ3n) is 4.72. The lowest BCUT2D eigenvalue weighted by molar-refractivity contribution is -0.130. The van der Waals surface area contributed by atoms with Gasteiger partial charge >= 0.3 is 0 Å². The first-order chi connectivity index (χ1) is 8.65. The average Bonchev–Trinajstić information content (AvgIpc) is 2.54. The molecule has 0 aromatic rings. The first-order valence-corrected chi connectivity index (χ1v) is 8.50. The van der Waals surface area contributed by atoms with Crippen LogP contribution >= 0.6 is 11.8 Å². The fourth-order valence-corrected chi connectivity index (χ4v) is 3.76. The zero-order valence-corrected chi connectivity index (χ0v) is 12.6. The Kier molecular flexibility index (Phi) is 4.96. The summed E-state index contributed by atoms with van der Waals surface area (Å²) in [6.07, 6.45) is 8.47. The Balaban J connectivity index is 1.86. The van der Waals surface area contributed by atoms with E-state index in [9.17, 15) is 4.79 Å². The van der Waals surface area contributed by atoms with Crippen LogP contribution in [0.3, 0.4) is 0 Å². The van der Waals surface area contributed by atoms with Gasteiger partial charge in [0.25, 0.3) is 0 Å². The molecule has 0 bridgehead atoms. The molecule has 0 aromatic carbocycles. The number of hydrogen-bond donors (Lipinski definition) is 0. The van der Waals surface area contributed by atoms with Gasteiger partial charge < -0.3 is 9.80 Å². The van der Waals surface area contributed by atoms with E-state index < -0.39 is 0 Å². The van der Waals surface area contributed by atoms with Gasteiger partial charge in [0.2, 0.25) is 5.91 Å². The number of nitrogens with zero attached hydrogens (tertiary/aromatic N) is 2. The van der Waals surface area contributed by atoms with Crippen LogP contribution in [0.4, 0.5) is 0 Å². The number of amides is 1. The van der Waals surface area contributed by atoms with E-state index in [0.29, 0.717) is 17.1 Å². The highest BCUT2D eigenvalue weighted by Crippen LogP contribution is 2.41. The lowest BCUT2D eigenvalue weighted by Gasteiger charge is -2.41. The minimum atomic E-state index is 0.336. The van der Waals surface area contributed by atoms with E-state index in [0.717, 1.165) is 13.1 Å². The summed E-state index contributed by atoms with van der Waals surface area (Å²) in [6, 6.07) is 0. The number of carbonyl (C=O) groups is 1. The highest BCUT2D eigenvalue weighted by Gasteiger charge is 2.36. The minimum absolute atomic E-state index is 0.336. The first kappa shape index (κ1) is 14.2. The third-order valence-corrected chi connectivity index (χ3v) is 5.25. The summed E-state index contributed by atoms with van der Waals surface area (Å²) in [5, 5.41) is 0. The highest BCUT2D eigenvalue weighted by atomic mass is 32.2. The van der Waals surface area contributed by atoms with Crippen LogP contribution in [-0.4, -0.2) is 60.9 Å². The maximum Gasteiger partial charge on any atom is 0.232 e. The van der Waals surface area contributed by atoms with Gasteiger partial charge in [-0.2, -0.15) is 11.8 Å². The Bertz CT molecular complexity index is 288. The molecule has 3 nitrogen and oxygen atoms in total. The molecule has 2 heterocycles. The Morgan fingerprint density at radius 1 is 1.11 bits per heavy atom. The molecule has 104 valence electrons. The van der Waals surface area contributed by atoms with Crippen LogP contribution in [0.15, 0.2) is 0 Å². The van der Waals surface area contributed by atoms with E-state index in [1.54, 1.807) is 11.8 Å². The van der Waals surface area contributed by atoms with Crippen LogP contribution in [0.1, 0.15) is 32.1 Å². The fraction of sp³-hybridized carbons (Fsp3) is 0.929. The van der Waals surface area contributed by atoms with Gasteiger partial charge in [-0.3, -0.25) is 4.79 Å². The molecular weight excluding hydrogens is 244 g/mol.